The number of rotatable bonds is 3. The first-order chi connectivity index (χ1) is 13.6. The number of aromatic nitrogens is 1. The van der Waals surface area contributed by atoms with Crippen molar-refractivity contribution >= 4 is 23.3 Å². The van der Waals surface area contributed by atoms with Crippen LogP contribution in [0.3, 0.4) is 0 Å². The number of nitrogens with one attached hydrogen (secondary N) is 2. The van der Waals surface area contributed by atoms with E-state index < -0.39 is 5.82 Å². The Hall–Kier alpha value is -3.00. The van der Waals surface area contributed by atoms with Gasteiger partial charge in [-0.15, -0.1) is 0 Å². The summed E-state index contributed by atoms with van der Waals surface area (Å²) in [5.74, 6) is -0.553. The molecule has 0 atom stereocenters. The highest BCUT2D eigenvalue weighted by Crippen LogP contribution is 2.32. The van der Waals surface area contributed by atoms with E-state index in [1.807, 2.05) is 18.2 Å². The number of carbonyl (C=O) groups excluding carboxylic acids is 2. The van der Waals surface area contributed by atoms with Gasteiger partial charge in [-0.05, 0) is 36.2 Å². The molecule has 3 amide bonds. The van der Waals surface area contributed by atoms with Crippen LogP contribution in [0.2, 0.25) is 0 Å². The van der Waals surface area contributed by atoms with E-state index in [0.717, 1.165) is 25.3 Å². The highest BCUT2D eigenvalue weighted by Gasteiger charge is 2.24. The third-order valence-electron chi connectivity index (χ3n) is 5.08. The molecule has 2 N–H and O–H groups in total. The van der Waals surface area contributed by atoms with Gasteiger partial charge in [0.15, 0.2) is 0 Å². The van der Waals surface area contributed by atoms with Crippen LogP contribution in [0.25, 0.3) is 0 Å². The second kappa shape index (κ2) is 7.93. The van der Waals surface area contributed by atoms with Gasteiger partial charge in [0.1, 0.15) is 5.82 Å². The van der Waals surface area contributed by atoms with Crippen LogP contribution < -0.4 is 10.6 Å². The Kier molecular flexibility index (Phi) is 5.21. The van der Waals surface area contributed by atoms with Crippen LogP contribution in [0, 0.1) is 5.82 Å². The van der Waals surface area contributed by atoms with Crippen LogP contribution >= 0.6 is 0 Å². The predicted octanol–water partition coefficient (Wildman–Crippen LogP) is 2.46. The third-order valence-corrected chi connectivity index (χ3v) is 5.08. The fourth-order valence-corrected chi connectivity index (χ4v) is 3.58. The first-order valence-corrected chi connectivity index (χ1v) is 9.39. The molecule has 0 spiro atoms. The zero-order valence-corrected chi connectivity index (χ0v) is 15.4. The molecule has 0 saturated carbocycles. The Morgan fingerprint density at radius 3 is 2.75 bits per heavy atom. The minimum Gasteiger partial charge on any atom is -0.324 e. The van der Waals surface area contributed by atoms with Crippen molar-refractivity contribution in [3.8, 4) is 0 Å². The molecule has 8 heteroatoms. The van der Waals surface area contributed by atoms with Crippen LogP contribution in [0.4, 0.5) is 20.6 Å². The van der Waals surface area contributed by atoms with Crippen molar-refractivity contribution in [2.45, 2.75) is 19.4 Å². The van der Waals surface area contributed by atoms with Crippen molar-refractivity contribution in [1.29, 1.82) is 0 Å². The molecule has 1 saturated heterocycles. The third kappa shape index (κ3) is 4.12. The topological polar surface area (TPSA) is 77.6 Å². The van der Waals surface area contributed by atoms with Crippen molar-refractivity contribution in [2.24, 2.45) is 0 Å². The van der Waals surface area contributed by atoms with Gasteiger partial charge in [-0.25, -0.2) is 9.18 Å². The molecule has 0 bridgehead atoms. The monoisotopic (exact) mass is 383 g/mol. The number of carbonyl (C=O) groups is 2. The minimum atomic E-state index is -0.426. The summed E-state index contributed by atoms with van der Waals surface area (Å²) in [6, 6.07) is 8.20. The Bertz CT molecular complexity index is 882. The molecular weight excluding hydrogens is 361 g/mol. The molecule has 2 aromatic rings. The van der Waals surface area contributed by atoms with Gasteiger partial charge in [0.2, 0.25) is 5.91 Å². The molecule has 1 aromatic carbocycles. The molecule has 4 rings (SSSR count). The van der Waals surface area contributed by atoms with Gasteiger partial charge in [0, 0.05) is 45.3 Å². The smallest absolute Gasteiger partial charge is 0.321 e. The fraction of sp³-hybridized carbons (Fsp3) is 0.350. The van der Waals surface area contributed by atoms with E-state index >= 15 is 0 Å². The zero-order chi connectivity index (χ0) is 19.5. The maximum absolute atomic E-state index is 13.9. The van der Waals surface area contributed by atoms with Gasteiger partial charge in [0.25, 0.3) is 0 Å². The van der Waals surface area contributed by atoms with Gasteiger partial charge in [-0.3, -0.25) is 14.7 Å². The first-order valence-electron chi connectivity index (χ1n) is 9.39. The molecule has 2 aliphatic heterocycles. The number of benzene rings is 1. The van der Waals surface area contributed by atoms with Crippen LogP contribution in [-0.4, -0.2) is 52.9 Å². The summed E-state index contributed by atoms with van der Waals surface area (Å²) in [5.41, 5.74) is 2.52. The molecule has 0 unspecified atom stereocenters. The lowest BCUT2D eigenvalue weighted by molar-refractivity contribution is -0.116. The number of fused-ring (bicyclic) bond motifs is 1. The quantitative estimate of drug-likeness (QED) is 0.854. The number of nitrogens with zero attached hydrogens (tertiary/aromatic N) is 3. The Morgan fingerprint density at radius 1 is 1.18 bits per heavy atom. The summed E-state index contributed by atoms with van der Waals surface area (Å²) in [7, 11) is 0. The summed E-state index contributed by atoms with van der Waals surface area (Å²) < 4.78 is 13.9. The lowest BCUT2D eigenvalue weighted by Gasteiger charge is -2.34. The number of anilines is 2. The summed E-state index contributed by atoms with van der Waals surface area (Å²) in [6.45, 7) is 3.37. The molecular formula is C20H22FN5O2. The summed E-state index contributed by atoms with van der Waals surface area (Å²) in [4.78, 5) is 32.6. The average molecular weight is 383 g/mol. The average Bonchev–Trinajstić information content (AvgIpc) is 2.70. The maximum Gasteiger partial charge on any atom is 0.321 e. The van der Waals surface area contributed by atoms with Crippen molar-refractivity contribution in [1.82, 2.24) is 14.8 Å². The van der Waals surface area contributed by atoms with Gasteiger partial charge in [-0.2, -0.15) is 0 Å². The Morgan fingerprint density at radius 2 is 2.00 bits per heavy atom. The van der Waals surface area contributed by atoms with Crippen molar-refractivity contribution < 1.29 is 14.0 Å². The lowest BCUT2D eigenvalue weighted by Crippen LogP contribution is -2.49. The predicted molar refractivity (Wildman–Crippen MR) is 103 cm³/mol. The second-order valence-corrected chi connectivity index (χ2v) is 7.05. The SMILES string of the molecule is O=C1CCc2cc(F)cc(NC(=O)N3CCN(Cc4ccccn4)CC3)c2N1. The van der Waals surface area contributed by atoms with E-state index in [1.54, 1.807) is 11.1 Å². The first kappa shape index (κ1) is 18.4. The molecule has 146 valence electrons. The van der Waals surface area contributed by atoms with E-state index in [4.69, 9.17) is 0 Å². The molecule has 3 heterocycles. The number of hydrogen-bond donors (Lipinski definition) is 2. The number of halogens is 1. The molecule has 0 aliphatic carbocycles. The normalized spacial score (nSPS) is 17.0. The van der Waals surface area contributed by atoms with Crippen molar-refractivity contribution in [3.63, 3.8) is 0 Å². The fourth-order valence-electron chi connectivity index (χ4n) is 3.58. The number of urea groups is 1. The van der Waals surface area contributed by atoms with Crippen LogP contribution in [-0.2, 0) is 17.8 Å². The molecule has 1 fully saturated rings. The van der Waals surface area contributed by atoms with E-state index in [2.05, 4.69) is 20.5 Å². The lowest BCUT2D eigenvalue weighted by atomic mass is 10.0. The summed E-state index contributed by atoms with van der Waals surface area (Å²) in [6.07, 6.45) is 2.56. The molecule has 7 nitrogen and oxygen atoms in total. The number of aryl methyl sites for hydroxylation is 1. The zero-order valence-electron chi connectivity index (χ0n) is 15.4. The van der Waals surface area contributed by atoms with Gasteiger partial charge < -0.3 is 15.5 Å². The van der Waals surface area contributed by atoms with E-state index in [1.165, 1.54) is 12.1 Å². The van der Waals surface area contributed by atoms with Crippen molar-refractivity contribution in [3.05, 3.63) is 53.6 Å². The molecule has 1 aromatic heterocycles. The molecule has 2 aliphatic rings. The Balaban J connectivity index is 1.38. The maximum atomic E-state index is 13.9. The largest absolute Gasteiger partial charge is 0.324 e. The van der Waals surface area contributed by atoms with Gasteiger partial charge in [0.05, 0.1) is 17.1 Å². The van der Waals surface area contributed by atoms with E-state index in [0.29, 0.717) is 42.9 Å². The van der Waals surface area contributed by atoms with Crippen LogP contribution in [0.1, 0.15) is 17.7 Å². The molecule has 0 radical (unpaired) electrons. The standard InChI is InChI=1S/C20H22FN5O2/c21-15-11-14-4-5-18(27)24-19(14)17(12-15)23-20(28)26-9-7-25(8-10-26)13-16-3-1-2-6-22-16/h1-3,6,11-12H,4-5,7-10,13H2,(H,23,28)(H,24,27). The number of amides is 3. The highest BCUT2D eigenvalue weighted by atomic mass is 19.1. The highest BCUT2D eigenvalue weighted by molar-refractivity contribution is 6.01. The van der Waals surface area contributed by atoms with E-state index in [-0.39, 0.29) is 11.9 Å². The minimum absolute atomic E-state index is 0.127. The number of pyridine rings is 1. The summed E-state index contributed by atoms with van der Waals surface area (Å²) >= 11 is 0. The van der Waals surface area contributed by atoms with Crippen LogP contribution in [0.15, 0.2) is 36.5 Å². The van der Waals surface area contributed by atoms with Crippen LogP contribution in [0.5, 0.6) is 0 Å². The summed E-state index contributed by atoms with van der Waals surface area (Å²) in [5, 5.41) is 5.51. The Labute approximate surface area is 162 Å². The second-order valence-electron chi connectivity index (χ2n) is 7.05. The molecule has 28 heavy (non-hydrogen) atoms. The van der Waals surface area contributed by atoms with E-state index in [9.17, 15) is 14.0 Å². The number of piperazine rings is 1. The number of hydrogen-bond acceptors (Lipinski definition) is 4. The van der Waals surface area contributed by atoms with Gasteiger partial charge >= 0.3 is 6.03 Å². The van der Waals surface area contributed by atoms with Gasteiger partial charge in [-0.1, -0.05) is 6.07 Å². The van der Waals surface area contributed by atoms with Crippen molar-refractivity contribution in [2.75, 3.05) is 36.8 Å².